The normalized spacial score (nSPS) is 17.8. The van der Waals surface area contributed by atoms with Gasteiger partial charge in [-0.05, 0) is 19.8 Å². The molecule has 7 atom stereocenters. The van der Waals surface area contributed by atoms with Crippen LogP contribution in [-0.4, -0.2) is 81.3 Å². The summed E-state index contributed by atoms with van der Waals surface area (Å²) in [5, 5.41) is 35.2. The number of amides is 4. The van der Waals surface area contributed by atoms with Gasteiger partial charge >= 0.3 is 5.97 Å². The van der Waals surface area contributed by atoms with Crippen molar-refractivity contribution in [3.63, 3.8) is 0 Å². The van der Waals surface area contributed by atoms with Crippen LogP contribution in [0.2, 0.25) is 0 Å². The van der Waals surface area contributed by atoms with Crippen molar-refractivity contribution in [3.05, 3.63) is 0 Å². The topological polar surface area (TPSA) is 234 Å². The van der Waals surface area contributed by atoms with E-state index in [9.17, 15) is 39.3 Å². The fourth-order valence-electron chi connectivity index (χ4n) is 2.48. The minimum atomic E-state index is -1.58. The highest BCUT2D eigenvalue weighted by atomic mass is 16.4. The molecule has 13 nitrogen and oxygen atoms in total. The summed E-state index contributed by atoms with van der Waals surface area (Å²) in [6.45, 7) is 5.77. The van der Waals surface area contributed by atoms with E-state index in [1.807, 2.05) is 0 Å². The Kier molecular flexibility index (Phi) is 11.7. The molecule has 0 saturated carbocycles. The summed E-state index contributed by atoms with van der Waals surface area (Å²) in [4.78, 5) is 60.0. The Balaban J connectivity index is 5.52. The first kappa shape index (κ1) is 28.2. The number of primary amides is 1. The number of hydrogen-bond acceptors (Lipinski definition) is 8. The fraction of sp³-hybridized carbons (Fsp3) is 0.722. The highest BCUT2D eigenvalue weighted by molar-refractivity contribution is 5.96. The largest absolute Gasteiger partial charge is 0.480 e. The summed E-state index contributed by atoms with van der Waals surface area (Å²) in [6, 6.07) is -5.79. The van der Waals surface area contributed by atoms with E-state index in [0.717, 1.165) is 0 Å². The van der Waals surface area contributed by atoms with Crippen molar-refractivity contribution in [1.82, 2.24) is 16.0 Å². The van der Waals surface area contributed by atoms with E-state index in [1.165, 1.54) is 13.8 Å². The summed E-state index contributed by atoms with van der Waals surface area (Å²) >= 11 is 0. The molecule has 0 bridgehead atoms. The Labute approximate surface area is 179 Å². The van der Waals surface area contributed by atoms with Crippen molar-refractivity contribution in [2.75, 3.05) is 0 Å². The molecule has 0 aromatic rings. The van der Waals surface area contributed by atoms with Crippen LogP contribution in [0.15, 0.2) is 0 Å². The van der Waals surface area contributed by atoms with E-state index in [2.05, 4.69) is 16.0 Å². The van der Waals surface area contributed by atoms with Crippen LogP contribution in [0.5, 0.6) is 0 Å². The highest BCUT2D eigenvalue weighted by Crippen LogP contribution is 2.09. The number of carbonyl (C=O) groups excluding carboxylic acids is 4. The van der Waals surface area contributed by atoms with Crippen LogP contribution in [0, 0.1) is 5.92 Å². The molecule has 0 aliphatic carbocycles. The Morgan fingerprint density at radius 1 is 0.839 bits per heavy atom. The lowest BCUT2D eigenvalue weighted by atomic mass is 9.98. The minimum Gasteiger partial charge on any atom is -0.480 e. The zero-order valence-corrected chi connectivity index (χ0v) is 18.0. The van der Waals surface area contributed by atoms with Crippen molar-refractivity contribution in [1.29, 1.82) is 0 Å². The summed E-state index contributed by atoms with van der Waals surface area (Å²) in [7, 11) is 0. The number of carboxylic acids is 1. The summed E-state index contributed by atoms with van der Waals surface area (Å²) in [5.74, 6) is -5.65. The van der Waals surface area contributed by atoms with E-state index in [0.29, 0.717) is 6.42 Å². The molecule has 7 unspecified atom stereocenters. The van der Waals surface area contributed by atoms with E-state index in [-0.39, 0.29) is 0 Å². The maximum atomic E-state index is 12.6. The van der Waals surface area contributed by atoms with Gasteiger partial charge in [0.15, 0.2) is 0 Å². The number of hydrogen-bond donors (Lipinski definition) is 8. The second-order valence-electron chi connectivity index (χ2n) is 7.43. The third-order valence-corrected chi connectivity index (χ3v) is 4.70. The Morgan fingerprint density at radius 2 is 1.35 bits per heavy atom. The van der Waals surface area contributed by atoms with Gasteiger partial charge in [0.05, 0.1) is 18.6 Å². The lowest BCUT2D eigenvalue weighted by Gasteiger charge is -2.27. The van der Waals surface area contributed by atoms with Gasteiger partial charge in [0.1, 0.15) is 24.2 Å². The van der Waals surface area contributed by atoms with Gasteiger partial charge in [-0.15, -0.1) is 0 Å². The molecule has 31 heavy (non-hydrogen) atoms. The third-order valence-electron chi connectivity index (χ3n) is 4.70. The lowest BCUT2D eigenvalue weighted by Crippen LogP contribution is -2.61. The summed E-state index contributed by atoms with van der Waals surface area (Å²) in [6.07, 6.45) is -2.89. The first-order chi connectivity index (χ1) is 14.2. The van der Waals surface area contributed by atoms with Crippen molar-refractivity contribution in [2.45, 2.75) is 76.9 Å². The van der Waals surface area contributed by atoms with Gasteiger partial charge < -0.3 is 42.7 Å². The van der Waals surface area contributed by atoms with Crippen molar-refractivity contribution < 1.29 is 39.3 Å². The molecule has 0 aromatic heterocycles. The van der Waals surface area contributed by atoms with Crippen LogP contribution in [0.4, 0.5) is 0 Å². The van der Waals surface area contributed by atoms with Gasteiger partial charge in [-0.2, -0.15) is 0 Å². The van der Waals surface area contributed by atoms with Gasteiger partial charge in [-0.1, -0.05) is 20.3 Å². The van der Waals surface area contributed by atoms with Gasteiger partial charge in [-0.25, -0.2) is 4.79 Å². The SMILES string of the molecule is CCC(C)C(NC(=O)C(CC(N)=O)NC(=O)C(NC(=O)C(N)C(C)O)C(C)O)C(=O)O. The van der Waals surface area contributed by atoms with E-state index < -0.39 is 78.3 Å². The highest BCUT2D eigenvalue weighted by Gasteiger charge is 2.34. The number of nitrogens with one attached hydrogen (secondary N) is 3. The molecule has 10 N–H and O–H groups in total. The van der Waals surface area contributed by atoms with Gasteiger partial charge in [-0.3, -0.25) is 19.2 Å². The number of aliphatic hydroxyl groups excluding tert-OH is 2. The number of nitrogens with two attached hydrogens (primary N) is 2. The van der Waals surface area contributed by atoms with Crippen LogP contribution in [0.1, 0.15) is 40.5 Å². The molecule has 0 aliphatic rings. The van der Waals surface area contributed by atoms with Crippen LogP contribution < -0.4 is 27.4 Å². The molecule has 0 radical (unpaired) electrons. The van der Waals surface area contributed by atoms with Gasteiger partial charge in [0, 0.05) is 0 Å². The molecule has 0 aliphatic heterocycles. The van der Waals surface area contributed by atoms with E-state index in [1.54, 1.807) is 13.8 Å². The van der Waals surface area contributed by atoms with Crippen LogP contribution >= 0.6 is 0 Å². The second kappa shape index (κ2) is 12.8. The number of carboxylic acid groups (broad SMARTS) is 1. The second-order valence-corrected chi connectivity index (χ2v) is 7.43. The Hall–Kier alpha value is -2.77. The molecule has 0 spiro atoms. The maximum absolute atomic E-state index is 12.6. The summed E-state index contributed by atoms with van der Waals surface area (Å²) < 4.78 is 0. The number of carbonyl (C=O) groups is 5. The maximum Gasteiger partial charge on any atom is 0.326 e. The Morgan fingerprint density at radius 3 is 1.74 bits per heavy atom. The number of rotatable bonds is 13. The van der Waals surface area contributed by atoms with Crippen LogP contribution in [-0.2, 0) is 24.0 Å². The zero-order valence-electron chi connectivity index (χ0n) is 18.0. The molecule has 0 saturated heterocycles. The number of aliphatic carboxylic acids is 1. The first-order valence-corrected chi connectivity index (χ1v) is 9.76. The van der Waals surface area contributed by atoms with Crippen LogP contribution in [0.3, 0.4) is 0 Å². The van der Waals surface area contributed by atoms with E-state index >= 15 is 0 Å². The quantitative estimate of drug-likeness (QED) is 0.140. The average Bonchev–Trinajstić information content (AvgIpc) is 2.66. The minimum absolute atomic E-state index is 0.434. The molecular formula is C18H33N5O8. The molecule has 178 valence electrons. The molecule has 4 amide bonds. The monoisotopic (exact) mass is 447 g/mol. The standard InChI is InChI=1S/C18H33N5O8/c1-5-7(2)13(18(30)31)22-15(27)10(6-11(19)26)21-17(29)14(9(4)25)23-16(28)12(20)8(3)24/h7-10,12-14,24-25H,5-6,20H2,1-4H3,(H2,19,26)(H,21,29)(H,22,27)(H,23,28)(H,30,31). The molecule has 0 heterocycles. The van der Waals surface area contributed by atoms with Crippen molar-refractivity contribution in [2.24, 2.45) is 17.4 Å². The predicted octanol–water partition coefficient (Wildman–Crippen LogP) is -3.46. The first-order valence-electron chi connectivity index (χ1n) is 9.76. The van der Waals surface area contributed by atoms with E-state index in [4.69, 9.17) is 11.5 Å². The fourth-order valence-corrected chi connectivity index (χ4v) is 2.48. The zero-order chi connectivity index (χ0) is 24.5. The molecule has 0 fully saturated rings. The van der Waals surface area contributed by atoms with Gasteiger partial charge in [0.25, 0.3) is 0 Å². The van der Waals surface area contributed by atoms with Crippen molar-refractivity contribution >= 4 is 29.6 Å². The molecule has 13 heteroatoms. The predicted molar refractivity (Wildman–Crippen MR) is 108 cm³/mol. The van der Waals surface area contributed by atoms with Gasteiger partial charge in [0.2, 0.25) is 23.6 Å². The average molecular weight is 447 g/mol. The van der Waals surface area contributed by atoms with Crippen LogP contribution in [0.25, 0.3) is 0 Å². The van der Waals surface area contributed by atoms with Crippen molar-refractivity contribution in [3.8, 4) is 0 Å². The molecule has 0 aromatic carbocycles. The lowest BCUT2D eigenvalue weighted by molar-refractivity contribution is -0.144. The molecular weight excluding hydrogens is 414 g/mol. The molecule has 0 rings (SSSR count). The number of aliphatic hydroxyl groups is 2. The summed E-state index contributed by atoms with van der Waals surface area (Å²) in [5.41, 5.74) is 10.6. The Bertz CT molecular complexity index is 669. The third kappa shape index (κ3) is 9.27. The smallest absolute Gasteiger partial charge is 0.326 e.